The molecule has 0 aliphatic carbocycles. The summed E-state index contributed by atoms with van der Waals surface area (Å²) in [6.45, 7) is 2.65. The lowest BCUT2D eigenvalue weighted by Gasteiger charge is -2.36. The third-order valence-electron chi connectivity index (χ3n) is 7.48. The van der Waals surface area contributed by atoms with Crippen LogP contribution in [0.3, 0.4) is 0 Å². The van der Waals surface area contributed by atoms with Crippen LogP contribution in [-0.2, 0) is 4.74 Å². The fourth-order valence-electron chi connectivity index (χ4n) is 5.61. The Balaban J connectivity index is 1.39. The maximum absolute atomic E-state index is 13.8. The van der Waals surface area contributed by atoms with Crippen molar-refractivity contribution in [1.29, 1.82) is 0 Å². The van der Waals surface area contributed by atoms with Gasteiger partial charge in [-0.1, -0.05) is 71.6 Å². The number of aliphatic imine (C=N–C) groups is 1. The van der Waals surface area contributed by atoms with Gasteiger partial charge in [-0.2, -0.15) is 4.68 Å². The smallest absolute Gasteiger partial charge is 0.362 e. The van der Waals surface area contributed by atoms with E-state index in [-0.39, 0.29) is 30.6 Å². The monoisotopic (exact) mass is 594 g/mol. The van der Waals surface area contributed by atoms with Crippen LogP contribution in [0.15, 0.2) is 83.4 Å². The van der Waals surface area contributed by atoms with Crippen molar-refractivity contribution in [3.05, 3.63) is 95.2 Å². The summed E-state index contributed by atoms with van der Waals surface area (Å²) in [5, 5.41) is 11.1. The predicted molar refractivity (Wildman–Crippen MR) is 168 cm³/mol. The molecule has 4 heterocycles. The van der Waals surface area contributed by atoms with Crippen LogP contribution in [0.25, 0.3) is 25.9 Å². The molecule has 0 amide bonds. The number of nitrogens with two attached hydrogens (primary N) is 1. The number of thioether (sulfide) groups is 1. The Hall–Kier alpha value is -4.48. The molecule has 7 rings (SSSR count). The first-order valence-corrected chi connectivity index (χ1v) is 15.4. The number of anilines is 1. The Kier molecular flexibility index (Phi) is 6.75. The third kappa shape index (κ3) is 4.45. The number of amidine groups is 1. The van der Waals surface area contributed by atoms with Crippen LogP contribution in [0.4, 0.5) is 5.82 Å². The lowest BCUT2D eigenvalue weighted by molar-refractivity contribution is 0.0520. The molecule has 210 valence electrons. The highest BCUT2D eigenvalue weighted by Gasteiger charge is 2.38. The van der Waals surface area contributed by atoms with Gasteiger partial charge in [0.25, 0.3) is 5.91 Å². The first-order chi connectivity index (χ1) is 20.5. The van der Waals surface area contributed by atoms with Crippen LogP contribution in [-0.4, -0.2) is 55.8 Å². The topological polar surface area (TPSA) is 116 Å². The van der Waals surface area contributed by atoms with Crippen LogP contribution >= 0.6 is 23.1 Å². The van der Waals surface area contributed by atoms with Crippen molar-refractivity contribution >= 4 is 71.8 Å². The minimum Gasteiger partial charge on any atom is -0.461 e. The second-order valence-corrected chi connectivity index (χ2v) is 12.1. The van der Waals surface area contributed by atoms with Crippen molar-refractivity contribution < 1.29 is 14.3 Å². The van der Waals surface area contributed by atoms with Gasteiger partial charge in [0.05, 0.1) is 24.8 Å². The second kappa shape index (κ2) is 10.7. The average molecular weight is 595 g/mol. The van der Waals surface area contributed by atoms with Crippen LogP contribution in [0, 0.1) is 0 Å². The van der Waals surface area contributed by atoms with Crippen molar-refractivity contribution in [1.82, 2.24) is 19.9 Å². The summed E-state index contributed by atoms with van der Waals surface area (Å²) in [6, 6.07) is 24.7. The minimum atomic E-state index is -0.714. The Bertz CT molecular complexity index is 1930. The van der Waals surface area contributed by atoms with Gasteiger partial charge in [-0.05, 0) is 36.3 Å². The molecule has 1 unspecified atom stereocenters. The van der Waals surface area contributed by atoms with Crippen molar-refractivity contribution in [3.8, 4) is 0 Å². The molecule has 0 spiro atoms. The fourth-order valence-corrected chi connectivity index (χ4v) is 7.69. The first kappa shape index (κ1) is 26.4. The summed E-state index contributed by atoms with van der Waals surface area (Å²) in [5.41, 5.74) is 9.61. The molecule has 3 aromatic carbocycles. The number of carbonyl (C=O) groups is 2. The summed E-state index contributed by atoms with van der Waals surface area (Å²) >= 11 is 3.48. The first-order valence-electron chi connectivity index (χ1n) is 13.6. The molecule has 2 aliphatic rings. The summed E-state index contributed by atoms with van der Waals surface area (Å²) < 4.78 is 8.44. The second-order valence-electron chi connectivity index (χ2n) is 9.96. The zero-order valence-corrected chi connectivity index (χ0v) is 24.3. The highest BCUT2D eigenvalue weighted by molar-refractivity contribution is 8.14. The van der Waals surface area contributed by atoms with Gasteiger partial charge in [0.15, 0.2) is 11.0 Å². The number of nitrogens with zero attached hydrogens (tertiary/aromatic N) is 5. The molecule has 5 aromatic rings. The van der Waals surface area contributed by atoms with Crippen molar-refractivity contribution in [2.24, 2.45) is 4.99 Å². The minimum absolute atomic E-state index is 0.0227. The quantitative estimate of drug-likeness (QED) is 0.238. The normalized spacial score (nSPS) is 16.6. The molecular formula is C31H26N6O3S2. The van der Waals surface area contributed by atoms with Gasteiger partial charge in [0.1, 0.15) is 0 Å². The number of carbonyl (C=O) groups excluding carboxylic acids is 2. The van der Waals surface area contributed by atoms with Gasteiger partial charge in [-0.15, -0.1) is 16.4 Å². The van der Waals surface area contributed by atoms with Gasteiger partial charge < -0.3 is 15.4 Å². The number of aromatic nitrogens is 3. The van der Waals surface area contributed by atoms with Gasteiger partial charge in [-0.25, -0.2) is 9.79 Å². The molecule has 2 aliphatic heterocycles. The molecule has 9 nitrogen and oxygen atoms in total. The van der Waals surface area contributed by atoms with Gasteiger partial charge in [-0.3, -0.25) is 4.79 Å². The van der Waals surface area contributed by atoms with Crippen LogP contribution in [0.2, 0.25) is 0 Å². The van der Waals surface area contributed by atoms with Crippen LogP contribution in [0.1, 0.15) is 45.8 Å². The molecule has 2 N–H and O–H groups in total. The zero-order valence-electron chi connectivity index (χ0n) is 22.7. The molecular weight excluding hydrogens is 569 g/mol. The Morgan fingerprint density at radius 3 is 2.64 bits per heavy atom. The number of rotatable bonds is 6. The predicted octanol–water partition coefficient (Wildman–Crippen LogP) is 6.01. The number of hydrogen-bond acceptors (Lipinski definition) is 10. The third-order valence-corrected chi connectivity index (χ3v) is 9.60. The number of nitrogen functional groups attached to an aromatic ring is 1. The van der Waals surface area contributed by atoms with Crippen LogP contribution in [0.5, 0.6) is 0 Å². The largest absolute Gasteiger partial charge is 0.461 e. The maximum Gasteiger partial charge on any atom is 0.362 e. The molecule has 0 bridgehead atoms. The highest BCUT2D eigenvalue weighted by Crippen LogP contribution is 2.45. The lowest BCUT2D eigenvalue weighted by atomic mass is 9.89. The molecule has 1 saturated heterocycles. The Morgan fingerprint density at radius 1 is 1.02 bits per heavy atom. The van der Waals surface area contributed by atoms with E-state index in [1.54, 1.807) is 30.0 Å². The molecule has 1 atom stereocenters. The van der Waals surface area contributed by atoms with E-state index in [9.17, 15) is 9.59 Å². The number of thiophene rings is 1. The Labute approximate surface area is 249 Å². The molecule has 0 radical (unpaired) electrons. The van der Waals surface area contributed by atoms with Gasteiger partial charge in [0.2, 0.25) is 5.69 Å². The highest BCUT2D eigenvalue weighted by atomic mass is 32.2. The van der Waals surface area contributed by atoms with E-state index < -0.39 is 11.9 Å². The average Bonchev–Trinajstić information content (AvgIpc) is 3.73. The fraction of sp³-hybridized carbons (Fsp3) is 0.194. The standard InChI is InChI=1S/C31H26N6O3S2/c1-2-40-30(39)27-29(32)37(35-34-27)25(38)17-22-26(19-12-13-24-21(16-19)20-10-6-7-11-23(20)42-24)33-31-36(14-15-41-31)28(22)18-8-4-3-5-9-18/h3-13,16,28H,2,14-15,17,32H2,1H3. The van der Waals surface area contributed by atoms with Crippen molar-refractivity contribution in [2.45, 2.75) is 19.4 Å². The van der Waals surface area contributed by atoms with Gasteiger partial charge in [0, 0.05) is 38.0 Å². The molecule has 42 heavy (non-hydrogen) atoms. The van der Waals surface area contributed by atoms with Gasteiger partial charge >= 0.3 is 5.97 Å². The maximum atomic E-state index is 13.8. The summed E-state index contributed by atoms with van der Waals surface area (Å²) in [7, 11) is 0. The van der Waals surface area contributed by atoms with E-state index in [0.717, 1.165) is 49.9 Å². The molecule has 11 heteroatoms. The number of ether oxygens (including phenoxy) is 1. The van der Waals surface area contributed by atoms with Crippen molar-refractivity contribution in [3.63, 3.8) is 0 Å². The van der Waals surface area contributed by atoms with Crippen molar-refractivity contribution in [2.75, 3.05) is 24.6 Å². The number of esters is 1. The zero-order chi connectivity index (χ0) is 28.8. The summed E-state index contributed by atoms with van der Waals surface area (Å²) in [5.74, 6) is -0.353. The van der Waals surface area contributed by atoms with E-state index in [1.807, 2.05) is 18.2 Å². The van der Waals surface area contributed by atoms with E-state index in [1.165, 1.54) is 14.8 Å². The van der Waals surface area contributed by atoms with Crippen LogP contribution < -0.4 is 5.73 Å². The molecule has 0 saturated carbocycles. The Morgan fingerprint density at radius 2 is 1.81 bits per heavy atom. The van der Waals surface area contributed by atoms with E-state index >= 15 is 0 Å². The number of benzene rings is 3. The molecule has 2 aromatic heterocycles. The number of hydrogen-bond donors (Lipinski definition) is 1. The molecule has 1 fully saturated rings. The summed E-state index contributed by atoms with van der Waals surface area (Å²) in [4.78, 5) is 33.6. The van der Waals surface area contributed by atoms with E-state index in [0.29, 0.717) is 0 Å². The number of fused-ring (bicyclic) bond motifs is 4. The summed E-state index contributed by atoms with van der Waals surface area (Å²) in [6.07, 6.45) is -0.0227. The van der Waals surface area contributed by atoms with E-state index in [4.69, 9.17) is 15.5 Å². The lowest BCUT2D eigenvalue weighted by Crippen LogP contribution is -2.35. The SMILES string of the molecule is CCOC(=O)c1nnn(C(=O)CC2=C(c3ccc4sc5ccccc5c4c3)N=C3SCCN3C2c2ccccc2)c1N. The van der Waals surface area contributed by atoms with E-state index in [2.05, 4.69) is 69.8 Å².